The van der Waals surface area contributed by atoms with Crippen molar-refractivity contribution in [3.05, 3.63) is 12.2 Å². The summed E-state index contributed by atoms with van der Waals surface area (Å²) in [6.45, 7) is 8.60. The van der Waals surface area contributed by atoms with Gasteiger partial charge in [-0.25, -0.2) is 0 Å². The molecule has 0 aromatic heterocycles. The van der Waals surface area contributed by atoms with Crippen molar-refractivity contribution in [3.63, 3.8) is 0 Å². The van der Waals surface area contributed by atoms with Gasteiger partial charge in [-0.2, -0.15) is 0 Å². The Morgan fingerprint density at radius 3 is 1.82 bits per heavy atom. The summed E-state index contributed by atoms with van der Waals surface area (Å²) in [5, 5.41) is 3.35. The van der Waals surface area contributed by atoms with Gasteiger partial charge in [0.1, 0.15) is 12.7 Å². The monoisotopic (exact) mass is 537 g/mol. The molecule has 38 heavy (non-hydrogen) atoms. The van der Waals surface area contributed by atoms with Gasteiger partial charge in [0.05, 0.1) is 6.42 Å². The van der Waals surface area contributed by atoms with Crippen LogP contribution in [0.1, 0.15) is 162 Å². The van der Waals surface area contributed by atoms with Gasteiger partial charge >= 0.3 is 11.9 Å². The van der Waals surface area contributed by atoms with Gasteiger partial charge in [0, 0.05) is 13.0 Å². The van der Waals surface area contributed by atoms with E-state index in [1.54, 1.807) is 0 Å². The molecule has 224 valence electrons. The van der Waals surface area contributed by atoms with E-state index in [0.29, 0.717) is 26.0 Å². The van der Waals surface area contributed by atoms with Crippen molar-refractivity contribution in [2.45, 2.75) is 168 Å². The molecule has 0 saturated carbocycles. The van der Waals surface area contributed by atoms with Crippen molar-refractivity contribution in [2.24, 2.45) is 0 Å². The lowest BCUT2D eigenvalue weighted by atomic mass is 10.0. The largest absolute Gasteiger partial charge is 0.462 e. The molecule has 0 unspecified atom stereocenters. The number of hydrogen-bond donors (Lipinski definition) is 1. The number of rotatable bonds is 29. The zero-order chi connectivity index (χ0) is 27.9. The minimum absolute atomic E-state index is 0.0672. The Kier molecular flexibility index (Phi) is 29.1. The molecule has 0 aliphatic rings. The Labute approximate surface area is 236 Å². The average molecular weight is 538 g/mol. The Bertz CT molecular complexity index is 535. The second kappa shape index (κ2) is 30.2. The smallest absolute Gasteiger partial charge is 0.307 e. The van der Waals surface area contributed by atoms with Crippen molar-refractivity contribution < 1.29 is 19.1 Å². The predicted octanol–water partition coefficient (Wildman–Crippen LogP) is 9.23. The maximum atomic E-state index is 12.4. The highest BCUT2D eigenvalue weighted by Gasteiger charge is 2.14. The first-order chi connectivity index (χ1) is 18.6. The molecular weight excluding hydrogens is 474 g/mol. The highest BCUT2D eigenvalue weighted by atomic mass is 16.5. The van der Waals surface area contributed by atoms with E-state index in [-0.39, 0.29) is 18.0 Å². The van der Waals surface area contributed by atoms with Gasteiger partial charge in [-0.05, 0) is 57.9 Å². The van der Waals surface area contributed by atoms with E-state index >= 15 is 0 Å². The lowest BCUT2D eigenvalue weighted by Crippen LogP contribution is -2.24. The third-order valence-electron chi connectivity index (χ3n) is 7.03. The number of carbonyl (C=O) groups is 2. The van der Waals surface area contributed by atoms with Crippen molar-refractivity contribution in [1.82, 2.24) is 5.32 Å². The highest BCUT2D eigenvalue weighted by molar-refractivity contribution is 5.70. The van der Waals surface area contributed by atoms with E-state index < -0.39 is 0 Å². The minimum Gasteiger partial charge on any atom is -0.462 e. The summed E-state index contributed by atoms with van der Waals surface area (Å²) >= 11 is 0. The van der Waals surface area contributed by atoms with E-state index in [4.69, 9.17) is 9.47 Å². The zero-order valence-corrected chi connectivity index (χ0v) is 25.5. The molecule has 0 saturated heterocycles. The standard InChI is InChI=1S/C33H63NO4/c1-4-7-10-13-14-17-23-30-37-32(35)26-21-18-22-28-34-29-27-33(36)38-31(24-19-15-11-8-5-2)25-20-16-12-9-6-3/h17,23,31,34H,4-16,18-22,24-30H2,1-3H3/b23-17-. The first-order valence-electron chi connectivity index (χ1n) is 16.3. The molecule has 0 aliphatic heterocycles. The van der Waals surface area contributed by atoms with Gasteiger partial charge in [0.2, 0.25) is 0 Å². The molecule has 0 heterocycles. The normalized spacial score (nSPS) is 11.5. The molecule has 0 bridgehead atoms. The van der Waals surface area contributed by atoms with Crippen LogP contribution in [0.5, 0.6) is 0 Å². The third-order valence-corrected chi connectivity index (χ3v) is 7.03. The zero-order valence-electron chi connectivity index (χ0n) is 25.5. The van der Waals surface area contributed by atoms with Crippen molar-refractivity contribution in [2.75, 3.05) is 19.7 Å². The van der Waals surface area contributed by atoms with Crippen molar-refractivity contribution in [1.29, 1.82) is 0 Å². The maximum Gasteiger partial charge on any atom is 0.307 e. The molecule has 0 aromatic carbocycles. The molecular formula is C33H63NO4. The van der Waals surface area contributed by atoms with Gasteiger partial charge in [0.15, 0.2) is 0 Å². The van der Waals surface area contributed by atoms with Gasteiger partial charge < -0.3 is 14.8 Å². The summed E-state index contributed by atoms with van der Waals surface area (Å²) in [5.74, 6) is -0.177. The molecule has 0 spiro atoms. The van der Waals surface area contributed by atoms with Crippen LogP contribution >= 0.6 is 0 Å². The Morgan fingerprint density at radius 1 is 0.605 bits per heavy atom. The average Bonchev–Trinajstić information content (AvgIpc) is 2.91. The number of carbonyl (C=O) groups excluding carboxylic acids is 2. The summed E-state index contributed by atoms with van der Waals surface area (Å²) in [5.41, 5.74) is 0. The summed E-state index contributed by atoms with van der Waals surface area (Å²) in [7, 11) is 0. The molecule has 5 nitrogen and oxygen atoms in total. The maximum absolute atomic E-state index is 12.4. The molecule has 0 rings (SSSR count). The third kappa shape index (κ3) is 27.7. The number of ether oxygens (including phenoxy) is 2. The Balaban J connectivity index is 3.81. The van der Waals surface area contributed by atoms with Crippen LogP contribution in [-0.2, 0) is 19.1 Å². The topological polar surface area (TPSA) is 64.6 Å². The second-order valence-corrected chi connectivity index (χ2v) is 10.8. The molecule has 0 radical (unpaired) electrons. The van der Waals surface area contributed by atoms with Gasteiger partial charge in [0.25, 0.3) is 0 Å². The van der Waals surface area contributed by atoms with Crippen molar-refractivity contribution >= 4 is 11.9 Å². The summed E-state index contributed by atoms with van der Waals surface area (Å²) in [6.07, 6.45) is 28.5. The number of esters is 2. The highest BCUT2D eigenvalue weighted by Crippen LogP contribution is 2.17. The Hall–Kier alpha value is -1.36. The summed E-state index contributed by atoms with van der Waals surface area (Å²) in [4.78, 5) is 24.2. The van der Waals surface area contributed by atoms with Crippen LogP contribution in [-0.4, -0.2) is 37.7 Å². The fourth-order valence-electron chi connectivity index (χ4n) is 4.56. The first kappa shape index (κ1) is 36.6. The Morgan fingerprint density at radius 2 is 1.18 bits per heavy atom. The molecule has 0 aliphatic carbocycles. The van der Waals surface area contributed by atoms with Gasteiger partial charge in [-0.15, -0.1) is 0 Å². The van der Waals surface area contributed by atoms with E-state index in [1.165, 1.54) is 77.0 Å². The summed E-state index contributed by atoms with van der Waals surface area (Å²) < 4.78 is 11.1. The summed E-state index contributed by atoms with van der Waals surface area (Å²) in [6, 6.07) is 0. The molecule has 1 N–H and O–H groups in total. The number of nitrogens with one attached hydrogen (secondary N) is 1. The fraction of sp³-hybridized carbons (Fsp3) is 0.879. The van der Waals surface area contributed by atoms with Crippen molar-refractivity contribution in [3.8, 4) is 0 Å². The first-order valence-corrected chi connectivity index (χ1v) is 16.3. The number of hydrogen-bond acceptors (Lipinski definition) is 5. The van der Waals surface area contributed by atoms with E-state index in [0.717, 1.165) is 57.9 Å². The van der Waals surface area contributed by atoms with Crippen LogP contribution in [0.4, 0.5) is 0 Å². The molecule has 0 aromatic rings. The molecule has 0 atom stereocenters. The van der Waals surface area contributed by atoms with Crippen LogP contribution in [0, 0.1) is 0 Å². The SMILES string of the molecule is CCCCCC/C=C\COC(=O)CCCCCNCCC(=O)OC(CCCCCCC)CCCCCCC. The van der Waals surface area contributed by atoms with Gasteiger partial charge in [-0.3, -0.25) is 9.59 Å². The second-order valence-electron chi connectivity index (χ2n) is 10.8. The van der Waals surface area contributed by atoms with E-state index in [9.17, 15) is 9.59 Å². The van der Waals surface area contributed by atoms with Crippen LogP contribution in [0.2, 0.25) is 0 Å². The van der Waals surface area contributed by atoms with Crippen LogP contribution < -0.4 is 5.32 Å². The molecule has 0 fully saturated rings. The quantitative estimate of drug-likeness (QED) is 0.0585. The minimum atomic E-state index is -0.110. The lowest BCUT2D eigenvalue weighted by Gasteiger charge is -2.18. The van der Waals surface area contributed by atoms with Crippen LogP contribution in [0.15, 0.2) is 12.2 Å². The molecule has 5 heteroatoms. The number of unbranched alkanes of at least 4 members (excludes halogenated alkanes) is 14. The predicted molar refractivity (Wildman–Crippen MR) is 161 cm³/mol. The van der Waals surface area contributed by atoms with Gasteiger partial charge in [-0.1, -0.05) is 110 Å². The number of allylic oxidation sites excluding steroid dienone is 1. The molecule has 0 amide bonds. The van der Waals surface area contributed by atoms with E-state index in [1.807, 2.05) is 6.08 Å². The fourth-order valence-corrected chi connectivity index (χ4v) is 4.56. The van der Waals surface area contributed by atoms with Crippen LogP contribution in [0.25, 0.3) is 0 Å². The van der Waals surface area contributed by atoms with E-state index in [2.05, 4.69) is 32.2 Å². The van der Waals surface area contributed by atoms with Crippen LogP contribution in [0.3, 0.4) is 0 Å². The lowest BCUT2D eigenvalue weighted by molar-refractivity contribution is -0.149.